The molecule has 33 heavy (non-hydrogen) atoms. The van der Waals surface area contributed by atoms with E-state index < -0.39 is 0 Å². The standard InChI is InChI=1S/C31H55Cl.H3N/c1-4-7-10-13-16-19-22-28-25-26-29(27-32)31(24-21-18-15-12-9-6-3)30(28)23-20-17-14-11-8-5-2;/h25-26H,4-24,27H2,1-3H3;1H3. The Morgan fingerprint density at radius 2 is 0.788 bits per heavy atom. The molecule has 0 atom stereocenters. The molecule has 0 bridgehead atoms. The van der Waals surface area contributed by atoms with Crippen molar-refractivity contribution in [1.29, 1.82) is 0 Å². The second-order valence-electron chi connectivity index (χ2n) is 10.0. The van der Waals surface area contributed by atoms with Crippen LogP contribution in [0.15, 0.2) is 12.1 Å². The van der Waals surface area contributed by atoms with Crippen molar-refractivity contribution in [3.05, 3.63) is 34.4 Å². The Bertz CT molecular complexity index is 554. The van der Waals surface area contributed by atoms with Crippen LogP contribution >= 0.6 is 11.6 Å². The predicted molar refractivity (Wildman–Crippen MR) is 152 cm³/mol. The van der Waals surface area contributed by atoms with Gasteiger partial charge in [0.25, 0.3) is 0 Å². The average Bonchev–Trinajstić information content (AvgIpc) is 2.81. The highest BCUT2D eigenvalue weighted by molar-refractivity contribution is 6.17. The minimum atomic E-state index is 0. The molecule has 0 saturated carbocycles. The lowest BCUT2D eigenvalue weighted by Gasteiger charge is -2.19. The van der Waals surface area contributed by atoms with Crippen LogP contribution in [0, 0.1) is 0 Å². The summed E-state index contributed by atoms with van der Waals surface area (Å²) in [5.74, 6) is 0.673. The van der Waals surface area contributed by atoms with Gasteiger partial charge in [0, 0.05) is 5.88 Å². The van der Waals surface area contributed by atoms with Gasteiger partial charge in [-0.2, -0.15) is 0 Å². The summed E-state index contributed by atoms with van der Waals surface area (Å²) >= 11 is 6.43. The molecule has 194 valence electrons. The van der Waals surface area contributed by atoms with Gasteiger partial charge in [-0.1, -0.05) is 129 Å². The Hall–Kier alpha value is -0.530. The Morgan fingerprint density at radius 3 is 1.21 bits per heavy atom. The molecular formula is C31H58ClN. The van der Waals surface area contributed by atoms with Crippen LogP contribution < -0.4 is 6.15 Å². The van der Waals surface area contributed by atoms with Gasteiger partial charge < -0.3 is 6.15 Å². The highest BCUT2D eigenvalue weighted by Crippen LogP contribution is 2.27. The molecular weight excluding hydrogens is 422 g/mol. The van der Waals surface area contributed by atoms with Gasteiger partial charge in [0.15, 0.2) is 0 Å². The first kappa shape index (κ1) is 32.5. The molecule has 1 aromatic rings. The minimum absolute atomic E-state index is 0. The summed E-state index contributed by atoms with van der Waals surface area (Å²) < 4.78 is 0. The lowest BCUT2D eigenvalue weighted by atomic mass is 9.87. The van der Waals surface area contributed by atoms with Crippen LogP contribution in [-0.2, 0) is 25.1 Å². The smallest absolute Gasteiger partial charge is 0.0476 e. The fraction of sp³-hybridized carbons (Fsp3) is 0.806. The molecule has 1 aromatic carbocycles. The molecule has 0 fully saturated rings. The molecule has 3 N–H and O–H groups in total. The zero-order valence-electron chi connectivity index (χ0n) is 22.8. The molecule has 0 unspecified atom stereocenters. The van der Waals surface area contributed by atoms with Crippen molar-refractivity contribution in [3.8, 4) is 0 Å². The van der Waals surface area contributed by atoms with Crippen LogP contribution in [0.5, 0.6) is 0 Å². The first-order valence-corrected chi connectivity index (χ1v) is 15.0. The number of rotatable bonds is 22. The molecule has 0 heterocycles. The van der Waals surface area contributed by atoms with E-state index in [-0.39, 0.29) is 6.15 Å². The maximum absolute atomic E-state index is 6.43. The quantitative estimate of drug-likeness (QED) is 0.130. The fourth-order valence-electron chi connectivity index (χ4n) is 5.03. The molecule has 0 aliphatic rings. The topological polar surface area (TPSA) is 35.0 Å². The van der Waals surface area contributed by atoms with E-state index in [0.717, 1.165) is 0 Å². The maximum Gasteiger partial charge on any atom is 0.0476 e. The van der Waals surface area contributed by atoms with E-state index >= 15 is 0 Å². The largest absolute Gasteiger partial charge is 0.344 e. The van der Waals surface area contributed by atoms with Crippen molar-refractivity contribution in [2.45, 2.75) is 161 Å². The van der Waals surface area contributed by atoms with Gasteiger partial charge in [-0.05, 0) is 60.8 Å². The summed E-state index contributed by atoms with van der Waals surface area (Å²) in [6.07, 6.45) is 28.6. The van der Waals surface area contributed by atoms with Crippen molar-refractivity contribution >= 4 is 11.6 Å². The maximum atomic E-state index is 6.43. The molecule has 0 saturated heterocycles. The van der Waals surface area contributed by atoms with Gasteiger partial charge in [-0.3, -0.25) is 0 Å². The number of unbranched alkanes of at least 4 members (excludes halogenated alkanes) is 15. The highest BCUT2D eigenvalue weighted by Gasteiger charge is 2.13. The summed E-state index contributed by atoms with van der Waals surface area (Å²) in [7, 11) is 0. The average molecular weight is 480 g/mol. The number of aryl methyl sites for hydroxylation is 1. The van der Waals surface area contributed by atoms with Crippen LogP contribution in [0.1, 0.15) is 159 Å². The molecule has 0 aromatic heterocycles. The monoisotopic (exact) mass is 479 g/mol. The number of halogens is 1. The van der Waals surface area contributed by atoms with Gasteiger partial charge in [0.1, 0.15) is 0 Å². The van der Waals surface area contributed by atoms with Gasteiger partial charge >= 0.3 is 0 Å². The van der Waals surface area contributed by atoms with Crippen molar-refractivity contribution in [2.24, 2.45) is 0 Å². The van der Waals surface area contributed by atoms with E-state index in [9.17, 15) is 0 Å². The molecule has 0 aliphatic heterocycles. The van der Waals surface area contributed by atoms with E-state index in [0.29, 0.717) is 5.88 Å². The number of benzene rings is 1. The van der Waals surface area contributed by atoms with Crippen LogP contribution in [0.2, 0.25) is 0 Å². The number of hydrogen-bond donors (Lipinski definition) is 1. The molecule has 0 amide bonds. The summed E-state index contributed by atoms with van der Waals surface area (Å²) in [5.41, 5.74) is 6.38. The predicted octanol–water partition coefficient (Wildman–Crippen LogP) is 11.3. The van der Waals surface area contributed by atoms with Crippen molar-refractivity contribution in [2.75, 3.05) is 0 Å². The Kier molecular flexibility index (Phi) is 22.9. The molecule has 2 heteroatoms. The highest BCUT2D eigenvalue weighted by atomic mass is 35.5. The Morgan fingerprint density at radius 1 is 0.455 bits per heavy atom. The van der Waals surface area contributed by atoms with Crippen molar-refractivity contribution in [3.63, 3.8) is 0 Å². The van der Waals surface area contributed by atoms with E-state index in [2.05, 4.69) is 32.9 Å². The molecule has 0 radical (unpaired) electrons. The molecule has 0 spiro atoms. The van der Waals surface area contributed by atoms with Gasteiger partial charge in [-0.15, -0.1) is 11.6 Å². The van der Waals surface area contributed by atoms with Gasteiger partial charge in [0.2, 0.25) is 0 Å². The third-order valence-corrected chi connectivity index (χ3v) is 7.42. The van der Waals surface area contributed by atoms with Crippen LogP contribution in [-0.4, -0.2) is 0 Å². The third-order valence-electron chi connectivity index (χ3n) is 7.13. The number of alkyl halides is 1. The first-order chi connectivity index (χ1) is 15.8. The SMILES string of the molecule is CCCCCCCCc1ccc(CCl)c(CCCCCCCC)c1CCCCCCCC.N. The Labute approximate surface area is 213 Å². The van der Waals surface area contributed by atoms with Gasteiger partial charge in [-0.25, -0.2) is 0 Å². The molecule has 0 aliphatic carbocycles. The second kappa shape index (κ2) is 23.2. The number of hydrogen-bond acceptors (Lipinski definition) is 1. The Balaban J connectivity index is 0.0000102. The van der Waals surface area contributed by atoms with Crippen molar-refractivity contribution in [1.82, 2.24) is 6.15 Å². The fourth-order valence-corrected chi connectivity index (χ4v) is 5.28. The zero-order valence-corrected chi connectivity index (χ0v) is 23.6. The summed E-state index contributed by atoms with van der Waals surface area (Å²) in [4.78, 5) is 0. The van der Waals surface area contributed by atoms with Crippen LogP contribution in [0.25, 0.3) is 0 Å². The molecule has 1 nitrogen and oxygen atoms in total. The lowest BCUT2D eigenvalue weighted by Crippen LogP contribution is -2.05. The van der Waals surface area contributed by atoms with Crippen molar-refractivity contribution < 1.29 is 0 Å². The first-order valence-electron chi connectivity index (χ1n) is 14.5. The second-order valence-corrected chi connectivity index (χ2v) is 10.3. The van der Waals surface area contributed by atoms with E-state index in [1.165, 1.54) is 140 Å². The minimum Gasteiger partial charge on any atom is -0.344 e. The van der Waals surface area contributed by atoms with E-state index in [4.69, 9.17) is 11.6 Å². The zero-order chi connectivity index (χ0) is 23.3. The lowest BCUT2D eigenvalue weighted by molar-refractivity contribution is 0.592. The van der Waals surface area contributed by atoms with E-state index in [1.54, 1.807) is 16.7 Å². The summed E-state index contributed by atoms with van der Waals surface area (Å²) in [6.45, 7) is 6.91. The van der Waals surface area contributed by atoms with Gasteiger partial charge in [0.05, 0.1) is 0 Å². The van der Waals surface area contributed by atoms with Crippen LogP contribution in [0.3, 0.4) is 0 Å². The molecule has 1 rings (SSSR count). The third kappa shape index (κ3) is 15.2. The normalized spacial score (nSPS) is 11.0. The van der Waals surface area contributed by atoms with Crippen LogP contribution in [0.4, 0.5) is 0 Å². The summed E-state index contributed by atoms with van der Waals surface area (Å²) in [6, 6.07) is 4.79. The summed E-state index contributed by atoms with van der Waals surface area (Å²) in [5, 5.41) is 0. The van der Waals surface area contributed by atoms with E-state index in [1.807, 2.05) is 0 Å².